The largest absolute Gasteiger partial charge is 0.469 e. The smallest absolute Gasteiger partial charge is 0.322 e. The summed E-state index contributed by atoms with van der Waals surface area (Å²) in [6.45, 7) is 6.97. The minimum Gasteiger partial charge on any atom is -0.469 e. The third-order valence-corrected chi connectivity index (χ3v) is 3.30. The van der Waals surface area contributed by atoms with Gasteiger partial charge in [0, 0.05) is 12.8 Å². The van der Waals surface area contributed by atoms with Crippen molar-refractivity contribution >= 4 is 17.7 Å². The highest BCUT2D eigenvalue weighted by molar-refractivity contribution is 6.15. The van der Waals surface area contributed by atoms with E-state index in [0.29, 0.717) is 6.42 Å². The van der Waals surface area contributed by atoms with Crippen LogP contribution in [0.4, 0.5) is 0 Å². The summed E-state index contributed by atoms with van der Waals surface area (Å²) < 4.78 is 10.1. The average molecular weight is 306 g/mol. The second-order valence-corrected chi connectivity index (χ2v) is 6.08. The summed E-state index contributed by atoms with van der Waals surface area (Å²) in [5, 5.41) is 0. The third kappa shape index (κ3) is 3.56. The van der Waals surface area contributed by atoms with Gasteiger partial charge in [-0.25, -0.2) is 0 Å². The van der Waals surface area contributed by atoms with E-state index in [1.54, 1.807) is 20.8 Å². The second-order valence-electron chi connectivity index (χ2n) is 6.08. The lowest BCUT2D eigenvalue weighted by atomic mass is 9.73. The molecule has 1 aliphatic rings. The van der Waals surface area contributed by atoms with E-state index in [-0.39, 0.29) is 6.42 Å². The molecule has 0 aromatic rings. The highest BCUT2D eigenvalue weighted by Gasteiger charge is 2.58. The Kier molecular flexibility index (Phi) is 5.54. The molecule has 0 radical (unpaired) electrons. The summed E-state index contributed by atoms with van der Waals surface area (Å²) in [4.78, 5) is 37.0. The van der Waals surface area contributed by atoms with Crippen molar-refractivity contribution in [1.29, 1.82) is 0 Å². The van der Waals surface area contributed by atoms with E-state index in [9.17, 15) is 14.4 Å². The quantitative estimate of drug-likeness (QED) is 0.453. The van der Waals surface area contributed by atoms with E-state index in [2.05, 4.69) is 11.8 Å². The van der Waals surface area contributed by atoms with Crippen LogP contribution in [-0.2, 0) is 23.9 Å². The summed E-state index contributed by atoms with van der Waals surface area (Å²) in [7, 11) is 1.22. The Morgan fingerprint density at radius 2 is 1.95 bits per heavy atom. The molecule has 22 heavy (non-hydrogen) atoms. The van der Waals surface area contributed by atoms with Gasteiger partial charge in [0.2, 0.25) is 0 Å². The van der Waals surface area contributed by atoms with E-state index in [4.69, 9.17) is 9.47 Å². The molecular weight excluding hydrogens is 284 g/mol. The lowest BCUT2D eigenvalue weighted by molar-refractivity contribution is -0.176. The van der Waals surface area contributed by atoms with Crippen molar-refractivity contribution in [3.8, 4) is 11.8 Å². The predicted octanol–water partition coefficient (Wildman–Crippen LogP) is 2.05. The van der Waals surface area contributed by atoms with Gasteiger partial charge in [-0.3, -0.25) is 14.4 Å². The molecule has 0 spiro atoms. The van der Waals surface area contributed by atoms with Gasteiger partial charge in [0.15, 0.2) is 11.2 Å². The molecule has 1 rings (SSSR count). The van der Waals surface area contributed by atoms with Crippen molar-refractivity contribution in [3.63, 3.8) is 0 Å². The van der Waals surface area contributed by atoms with E-state index < -0.39 is 34.7 Å². The number of esters is 2. The maximum absolute atomic E-state index is 12.7. The molecule has 2 unspecified atom stereocenters. The lowest BCUT2D eigenvalue weighted by Crippen LogP contribution is -2.47. The molecular formula is C17H22O5. The van der Waals surface area contributed by atoms with E-state index >= 15 is 0 Å². The fourth-order valence-electron chi connectivity index (χ4n) is 2.25. The zero-order chi connectivity index (χ0) is 17.0. The van der Waals surface area contributed by atoms with Crippen LogP contribution in [0.5, 0.6) is 0 Å². The minimum absolute atomic E-state index is 0.0681. The summed E-state index contributed by atoms with van der Waals surface area (Å²) in [5.41, 5.74) is -2.42. The molecule has 0 fully saturated rings. The first-order valence-corrected chi connectivity index (χ1v) is 7.18. The first kappa shape index (κ1) is 18.0. The Hall–Kier alpha value is -2.09. The molecule has 0 heterocycles. The van der Waals surface area contributed by atoms with Crippen LogP contribution in [0.2, 0.25) is 0 Å². The molecule has 0 amide bonds. The Bertz CT molecular complexity index is 556. The first-order valence-electron chi connectivity index (χ1n) is 7.18. The number of ketones is 1. The Labute approximate surface area is 131 Å². The van der Waals surface area contributed by atoms with Crippen molar-refractivity contribution in [2.45, 2.75) is 46.1 Å². The maximum atomic E-state index is 12.7. The van der Waals surface area contributed by atoms with Gasteiger partial charge >= 0.3 is 11.9 Å². The zero-order valence-electron chi connectivity index (χ0n) is 13.7. The number of carbonyl (C=O) groups excluding carboxylic acids is 3. The Morgan fingerprint density at radius 1 is 1.32 bits per heavy atom. The van der Waals surface area contributed by atoms with Crippen LogP contribution in [0, 0.1) is 23.2 Å². The molecule has 0 aromatic carbocycles. The van der Waals surface area contributed by atoms with E-state index in [1.807, 2.05) is 6.92 Å². The van der Waals surface area contributed by atoms with Gasteiger partial charge in [0.25, 0.3) is 0 Å². The van der Waals surface area contributed by atoms with Crippen LogP contribution in [0.1, 0.15) is 40.5 Å². The predicted molar refractivity (Wildman–Crippen MR) is 80.6 cm³/mol. The molecule has 2 atom stereocenters. The van der Waals surface area contributed by atoms with Crippen molar-refractivity contribution in [3.05, 3.63) is 12.2 Å². The normalized spacial score (nSPS) is 23.7. The minimum atomic E-state index is -1.65. The fraction of sp³-hybridized carbons (Fsp3) is 0.588. The van der Waals surface area contributed by atoms with Crippen molar-refractivity contribution < 1.29 is 23.9 Å². The zero-order valence-corrected chi connectivity index (χ0v) is 13.7. The molecule has 5 nitrogen and oxygen atoms in total. The summed E-state index contributed by atoms with van der Waals surface area (Å²) in [6.07, 6.45) is 3.15. The molecule has 0 aliphatic heterocycles. The molecule has 1 aliphatic carbocycles. The fourth-order valence-corrected chi connectivity index (χ4v) is 2.25. The number of allylic oxidation sites excluding steroid dienone is 1. The van der Waals surface area contributed by atoms with Crippen molar-refractivity contribution in [2.24, 2.45) is 11.3 Å². The number of hydrogen-bond acceptors (Lipinski definition) is 5. The molecule has 0 saturated carbocycles. The molecule has 0 bridgehead atoms. The Morgan fingerprint density at radius 3 is 2.45 bits per heavy atom. The first-order chi connectivity index (χ1) is 10.2. The Balaban J connectivity index is 3.29. The van der Waals surface area contributed by atoms with Gasteiger partial charge in [-0.05, 0) is 26.8 Å². The van der Waals surface area contributed by atoms with E-state index in [1.165, 1.54) is 19.3 Å². The number of carbonyl (C=O) groups is 3. The van der Waals surface area contributed by atoms with Gasteiger partial charge in [0.1, 0.15) is 5.60 Å². The van der Waals surface area contributed by atoms with E-state index in [0.717, 1.165) is 0 Å². The van der Waals surface area contributed by atoms with Crippen LogP contribution in [0.25, 0.3) is 0 Å². The van der Waals surface area contributed by atoms with Crippen molar-refractivity contribution in [2.75, 3.05) is 7.11 Å². The summed E-state index contributed by atoms with van der Waals surface area (Å²) in [6, 6.07) is 0. The summed E-state index contributed by atoms with van der Waals surface area (Å²) in [5.74, 6) is 2.77. The molecule has 0 saturated heterocycles. The van der Waals surface area contributed by atoms with Gasteiger partial charge in [-0.1, -0.05) is 13.0 Å². The van der Waals surface area contributed by atoms with Gasteiger partial charge in [-0.2, -0.15) is 0 Å². The lowest BCUT2D eigenvalue weighted by Gasteiger charge is -2.32. The molecule has 0 N–H and O–H groups in total. The molecule has 0 aromatic heterocycles. The molecule has 120 valence electrons. The van der Waals surface area contributed by atoms with Crippen LogP contribution in [-0.4, -0.2) is 30.4 Å². The number of methoxy groups -OCH3 is 1. The number of hydrogen-bond donors (Lipinski definition) is 0. The van der Waals surface area contributed by atoms with Crippen LogP contribution in [0.3, 0.4) is 0 Å². The average Bonchev–Trinajstić information content (AvgIpc) is 2.75. The van der Waals surface area contributed by atoms with Gasteiger partial charge in [-0.15, -0.1) is 11.8 Å². The van der Waals surface area contributed by atoms with Gasteiger partial charge < -0.3 is 9.47 Å². The maximum Gasteiger partial charge on any atom is 0.322 e. The highest BCUT2D eigenvalue weighted by Crippen LogP contribution is 2.42. The topological polar surface area (TPSA) is 69.7 Å². The van der Waals surface area contributed by atoms with Crippen molar-refractivity contribution in [1.82, 2.24) is 0 Å². The monoisotopic (exact) mass is 306 g/mol. The highest BCUT2D eigenvalue weighted by atomic mass is 16.6. The number of ether oxygens (including phenoxy) is 2. The number of rotatable bonds is 3. The third-order valence-electron chi connectivity index (χ3n) is 3.30. The summed E-state index contributed by atoms with van der Waals surface area (Å²) >= 11 is 0. The SMILES string of the molecule is CCC#CCC1(C(=O)OC(C)(C)C)C(=O)C=CC1C(=O)OC. The second kappa shape index (κ2) is 6.78. The van der Waals surface area contributed by atoms with Crippen LogP contribution >= 0.6 is 0 Å². The molecule has 5 heteroatoms. The van der Waals surface area contributed by atoms with Crippen LogP contribution in [0.15, 0.2) is 12.2 Å². The standard InChI is InChI=1S/C17H22O5/c1-6-7-8-11-17(15(20)22-16(2,3)4)12(14(19)21-5)9-10-13(17)18/h9-10,12H,6,11H2,1-5H3. The van der Waals surface area contributed by atoms with Crippen LogP contribution < -0.4 is 0 Å². The van der Waals surface area contributed by atoms with Gasteiger partial charge in [0.05, 0.1) is 13.0 Å².